The molecule has 2 heterocycles. The van der Waals surface area contributed by atoms with Crippen LogP contribution in [0.1, 0.15) is 21.5 Å². The summed E-state index contributed by atoms with van der Waals surface area (Å²) in [6.45, 7) is 1.78. The topological polar surface area (TPSA) is 63.1 Å². The Bertz CT molecular complexity index is 749. The molecule has 5 heteroatoms. The highest BCUT2D eigenvalue weighted by molar-refractivity contribution is 6.04. The fraction of sp³-hybridized carbons (Fsp3) is 0.250. The van der Waals surface area contributed by atoms with Gasteiger partial charge >= 0.3 is 0 Å². The molecule has 0 atom stereocenters. The average molecular weight is 283 g/mol. The molecule has 1 aromatic carbocycles. The lowest BCUT2D eigenvalue weighted by Crippen LogP contribution is -2.24. The number of anilines is 1. The number of carbonyl (C=O) groups excluding carboxylic acids is 1. The van der Waals surface area contributed by atoms with Gasteiger partial charge in [0.15, 0.2) is 0 Å². The summed E-state index contributed by atoms with van der Waals surface area (Å²) >= 11 is 0. The summed E-state index contributed by atoms with van der Waals surface area (Å²) in [6, 6.07) is 8.85. The molecule has 2 aromatic rings. The summed E-state index contributed by atoms with van der Waals surface area (Å²) in [7, 11) is 1.66. The quantitative estimate of drug-likeness (QED) is 0.873. The van der Waals surface area contributed by atoms with E-state index >= 15 is 0 Å². The number of amides is 1. The zero-order valence-electron chi connectivity index (χ0n) is 11.8. The van der Waals surface area contributed by atoms with E-state index in [0.717, 1.165) is 19.5 Å². The van der Waals surface area contributed by atoms with Crippen molar-refractivity contribution < 1.29 is 4.79 Å². The van der Waals surface area contributed by atoms with Crippen LogP contribution >= 0.6 is 0 Å². The average Bonchev–Trinajstić information content (AvgIpc) is 2.50. The molecule has 0 saturated carbocycles. The van der Waals surface area contributed by atoms with Crippen LogP contribution in [-0.2, 0) is 20.0 Å². The first kappa shape index (κ1) is 13.6. The van der Waals surface area contributed by atoms with Gasteiger partial charge in [-0.15, -0.1) is 0 Å². The summed E-state index contributed by atoms with van der Waals surface area (Å²) in [5.74, 6) is -0.165. The molecule has 21 heavy (non-hydrogen) atoms. The first-order valence-corrected chi connectivity index (χ1v) is 6.94. The number of nitrogens with zero attached hydrogens (tertiary/aromatic N) is 1. The maximum absolute atomic E-state index is 12.3. The molecule has 5 nitrogen and oxygen atoms in total. The third-order valence-electron chi connectivity index (χ3n) is 3.70. The molecule has 108 valence electrons. The molecule has 0 bridgehead atoms. The van der Waals surface area contributed by atoms with E-state index in [2.05, 4.69) is 10.6 Å². The number of aryl methyl sites for hydroxylation is 1. The van der Waals surface area contributed by atoms with E-state index in [1.807, 2.05) is 18.2 Å². The molecule has 1 amide bonds. The second kappa shape index (κ2) is 5.54. The van der Waals surface area contributed by atoms with Crippen molar-refractivity contribution >= 4 is 11.6 Å². The van der Waals surface area contributed by atoms with Crippen LogP contribution in [0.5, 0.6) is 0 Å². The van der Waals surface area contributed by atoms with Gasteiger partial charge in [0, 0.05) is 31.4 Å². The SMILES string of the molecule is Cn1cc(NC(=O)c2ccc3c(c2)CNCC3)ccc1=O. The molecule has 1 aliphatic rings. The van der Waals surface area contributed by atoms with Crippen LogP contribution in [0.4, 0.5) is 5.69 Å². The first-order chi connectivity index (χ1) is 10.1. The van der Waals surface area contributed by atoms with E-state index in [4.69, 9.17) is 0 Å². The van der Waals surface area contributed by atoms with Crippen molar-refractivity contribution in [1.82, 2.24) is 9.88 Å². The summed E-state index contributed by atoms with van der Waals surface area (Å²) in [5, 5.41) is 6.11. The van der Waals surface area contributed by atoms with Gasteiger partial charge in [-0.2, -0.15) is 0 Å². The first-order valence-electron chi connectivity index (χ1n) is 6.94. The van der Waals surface area contributed by atoms with E-state index < -0.39 is 0 Å². The Balaban J connectivity index is 1.81. The molecular formula is C16H17N3O2. The second-order valence-electron chi connectivity index (χ2n) is 5.23. The van der Waals surface area contributed by atoms with Gasteiger partial charge in [0.05, 0.1) is 5.69 Å². The lowest BCUT2D eigenvalue weighted by molar-refractivity contribution is 0.102. The van der Waals surface area contributed by atoms with Gasteiger partial charge in [-0.25, -0.2) is 0 Å². The fourth-order valence-electron chi connectivity index (χ4n) is 2.49. The van der Waals surface area contributed by atoms with Crippen molar-refractivity contribution in [2.75, 3.05) is 11.9 Å². The van der Waals surface area contributed by atoms with Crippen LogP contribution in [0.25, 0.3) is 0 Å². The molecule has 1 aromatic heterocycles. The standard InChI is InChI=1S/C16H17N3O2/c1-19-10-14(4-5-15(19)20)18-16(21)12-3-2-11-6-7-17-9-13(11)8-12/h2-5,8,10,17H,6-7,9H2,1H3,(H,18,21). The Kier molecular flexibility index (Phi) is 3.58. The minimum absolute atomic E-state index is 0.104. The molecule has 0 radical (unpaired) electrons. The highest BCUT2D eigenvalue weighted by Crippen LogP contribution is 2.17. The number of fused-ring (bicyclic) bond motifs is 1. The molecule has 0 spiro atoms. The van der Waals surface area contributed by atoms with Crippen LogP contribution in [-0.4, -0.2) is 17.0 Å². The van der Waals surface area contributed by atoms with Crippen molar-refractivity contribution in [3.8, 4) is 0 Å². The predicted octanol–water partition coefficient (Wildman–Crippen LogP) is 1.28. The third kappa shape index (κ3) is 2.87. The van der Waals surface area contributed by atoms with E-state index in [1.165, 1.54) is 21.8 Å². The summed E-state index contributed by atoms with van der Waals surface area (Å²) in [5.41, 5.74) is 3.61. The normalized spacial score (nSPS) is 13.6. The van der Waals surface area contributed by atoms with Crippen molar-refractivity contribution in [1.29, 1.82) is 0 Å². The molecule has 0 aliphatic carbocycles. The number of hydrogen-bond donors (Lipinski definition) is 2. The van der Waals surface area contributed by atoms with E-state index in [-0.39, 0.29) is 11.5 Å². The molecule has 0 unspecified atom stereocenters. The van der Waals surface area contributed by atoms with E-state index in [9.17, 15) is 9.59 Å². The number of nitrogens with one attached hydrogen (secondary N) is 2. The molecule has 2 N–H and O–H groups in total. The van der Waals surface area contributed by atoms with Gasteiger partial charge < -0.3 is 15.2 Å². The number of pyridine rings is 1. The molecule has 3 rings (SSSR count). The molecule has 0 fully saturated rings. The minimum atomic E-state index is -0.165. The minimum Gasteiger partial charge on any atom is -0.321 e. The van der Waals surface area contributed by atoms with Gasteiger partial charge in [0.2, 0.25) is 5.56 Å². The number of benzene rings is 1. The lowest BCUT2D eigenvalue weighted by atomic mass is 9.98. The third-order valence-corrected chi connectivity index (χ3v) is 3.70. The number of aromatic nitrogens is 1. The highest BCUT2D eigenvalue weighted by atomic mass is 16.1. The Hall–Kier alpha value is -2.40. The van der Waals surface area contributed by atoms with Crippen LogP contribution < -0.4 is 16.2 Å². The van der Waals surface area contributed by atoms with Crippen molar-refractivity contribution in [2.24, 2.45) is 7.05 Å². The van der Waals surface area contributed by atoms with Gasteiger partial charge in [0.25, 0.3) is 5.91 Å². The number of carbonyl (C=O) groups is 1. The van der Waals surface area contributed by atoms with Crippen molar-refractivity contribution in [3.05, 3.63) is 63.6 Å². The lowest BCUT2D eigenvalue weighted by Gasteiger charge is -2.17. The van der Waals surface area contributed by atoms with Crippen molar-refractivity contribution in [3.63, 3.8) is 0 Å². The highest BCUT2D eigenvalue weighted by Gasteiger charge is 2.12. The fourth-order valence-corrected chi connectivity index (χ4v) is 2.49. The Labute approximate surface area is 122 Å². The van der Waals surface area contributed by atoms with Gasteiger partial charge in [-0.05, 0) is 42.3 Å². The van der Waals surface area contributed by atoms with Crippen LogP contribution in [0.15, 0.2) is 41.3 Å². The largest absolute Gasteiger partial charge is 0.321 e. The Morgan fingerprint density at radius 2 is 2.10 bits per heavy atom. The van der Waals surface area contributed by atoms with Crippen LogP contribution in [0, 0.1) is 0 Å². The van der Waals surface area contributed by atoms with Gasteiger partial charge in [-0.3, -0.25) is 9.59 Å². The zero-order valence-corrected chi connectivity index (χ0v) is 11.8. The summed E-state index contributed by atoms with van der Waals surface area (Å²) < 4.78 is 1.44. The van der Waals surface area contributed by atoms with Crippen molar-refractivity contribution in [2.45, 2.75) is 13.0 Å². The van der Waals surface area contributed by atoms with Gasteiger partial charge in [0.1, 0.15) is 0 Å². The van der Waals surface area contributed by atoms with Crippen LogP contribution in [0.2, 0.25) is 0 Å². The van der Waals surface area contributed by atoms with E-state index in [0.29, 0.717) is 11.3 Å². The number of rotatable bonds is 2. The van der Waals surface area contributed by atoms with Crippen LogP contribution in [0.3, 0.4) is 0 Å². The van der Waals surface area contributed by atoms with Gasteiger partial charge in [-0.1, -0.05) is 6.07 Å². The molecular weight excluding hydrogens is 266 g/mol. The Morgan fingerprint density at radius 1 is 1.24 bits per heavy atom. The predicted molar refractivity (Wildman–Crippen MR) is 81.5 cm³/mol. The monoisotopic (exact) mass is 283 g/mol. The molecule has 1 aliphatic heterocycles. The second-order valence-corrected chi connectivity index (χ2v) is 5.23. The van der Waals surface area contributed by atoms with E-state index in [1.54, 1.807) is 19.3 Å². The summed E-state index contributed by atoms with van der Waals surface area (Å²) in [4.78, 5) is 23.6. The number of hydrogen-bond acceptors (Lipinski definition) is 3. The zero-order chi connectivity index (χ0) is 14.8. The maximum Gasteiger partial charge on any atom is 0.255 e. The smallest absolute Gasteiger partial charge is 0.255 e. The maximum atomic E-state index is 12.3. The molecule has 0 saturated heterocycles. The Morgan fingerprint density at radius 3 is 2.90 bits per heavy atom. The summed E-state index contributed by atoms with van der Waals surface area (Å²) in [6.07, 6.45) is 2.61.